The maximum atomic E-state index is 6.18. The van der Waals surface area contributed by atoms with E-state index in [2.05, 4.69) is 61.0 Å². The lowest BCUT2D eigenvalue weighted by atomic mass is 9.88. The van der Waals surface area contributed by atoms with Gasteiger partial charge in [-0.2, -0.15) is 0 Å². The molecular weight excluding hydrogens is 450 g/mol. The minimum Gasteiger partial charge on any atom is -0.493 e. The molecule has 4 aromatic rings. The van der Waals surface area contributed by atoms with Crippen molar-refractivity contribution in [1.82, 2.24) is 15.1 Å². The van der Waals surface area contributed by atoms with Gasteiger partial charge in [0.15, 0.2) is 5.76 Å². The second-order valence-corrected chi connectivity index (χ2v) is 10.5. The number of likely N-dealkylation sites (tertiary alicyclic amines) is 1. The first-order valence-electron chi connectivity index (χ1n) is 13.2. The Kier molecular flexibility index (Phi) is 7.42. The molecule has 2 aromatic heterocycles. The van der Waals surface area contributed by atoms with Gasteiger partial charge < -0.3 is 18.5 Å². The van der Waals surface area contributed by atoms with Gasteiger partial charge in [0.2, 0.25) is 5.89 Å². The van der Waals surface area contributed by atoms with Gasteiger partial charge in [-0.1, -0.05) is 38.1 Å². The van der Waals surface area contributed by atoms with E-state index in [0.717, 1.165) is 49.2 Å². The predicted octanol–water partition coefficient (Wildman–Crippen LogP) is 6.95. The molecule has 0 saturated carbocycles. The number of aryl methyl sites for hydroxylation is 2. The number of furan rings is 1. The van der Waals surface area contributed by atoms with E-state index in [-0.39, 0.29) is 0 Å². The number of hydrogen-bond donors (Lipinski definition) is 0. The van der Waals surface area contributed by atoms with Gasteiger partial charge in [0.25, 0.3) is 5.89 Å². The molecule has 0 amide bonds. The third-order valence-corrected chi connectivity index (χ3v) is 7.25. The lowest BCUT2D eigenvalue weighted by Gasteiger charge is -2.32. The van der Waals surface area contributed by atoms with Gasteiger partial charge in [-0.3, -0.25) is 0 Å². The van der Waals surface area contributed by atoms with Crippen molar-refractivity contribution in [2.45, 2.75) is 59.3 Å². The predicted molar refractivity (Wildman–Crippen MR) is 142 cm³/mol. The summed E-state index contributed by atoms with van der Waals surface area (Å²) in [6.45, 7) is 12.7. The first-order valence-corrected chi connectivity index (χ1v) is 13.2. The quantitative estimate of drug-likeness (QED) is 0.238. The zero-order valence-corrected chi connectivity index (χ0v) is 21.9. The zero-order valence-electron chi connectivity index (χ0n) is 21.9. The van der Waals surface area contributed by atoms with Crippen molar-refractivity contribution < 1.29 is 13.6 Å². The average molecular weight is 488 g/mol. The Hall–Kier alpha value is -3.12. The molecule has 1 saturated heterocycles. The van der Waals surface area contributed by atoms with E-state index in [9.17, 15) is 0 Å². The van der Waals surface area contributed by atoms with E-state index in [1.54, 1.807) is 0 Å². The monoisotopic (exact) mass is 487 g/mol. The van der Waals surface area contributed by atoms with E-state index in [1.165, 1.54) is 29.5 Å². The molecule has 0 radical (unpaired) electrons. The summed E-state index contributed by atoms with van der Waals surface area (Å²) in [4.78, 5) is 2.57. The largest absolute Gasteiger partial charge is 0.493 e. The van der Waals surface area contributed by atoms with Crippen LogP contribution in [0.5, 0.6) is 5.75 Å². The molecule has 1 aliphatic heterocycles. The van der Waals surface area contributed by atoms with Crippen LogP contribution in [0.4, 0.5) is 0 Å². The van der Waals surface area contributed by atoms with Crippen LogP contribution in [0.25, 0.3) is 22.6 Å². The Morgan fingerprint density at radius 3 is 2.61 bits per heavy atom. The van der Waals surface area contributed by atoms with Gasteiger partial charge in [-0.25, -0.2) is 0 Å². The van der Waals surface area contributed by atoms with Crippen LogP contribution in [0.1, 0.15) is 61.6 Å². The van der Waals surface area contributed by atoms with E-state index in [4.69, 9.17) is 13.6 Å². The molecule has 5 rings (SSSR count). The third-order valence-electron chi connectivity index (χ3n) is 7.25. The van der Waals surface area contributed by atoms with Crippen molar-refractivity contribution in [1.29, 1.82) is 0 Å². The van der Waals surface area contributed by atoms with Crippen molar-refractivity contribution >= 4 is 11.0 Å². The molecule has 0 atom stereocenters. The number of ether oxygens (including phenoxy) is 1. The van der Waals surface area contributed by atoms with E-state index in [1.807, 2.05) is 24.3 Å². The molecule has 6 nitrogen and oxygen atoms in total. The molecule has 0 unspecified atom stereocenters. The van der Waals surface area contributed by atoms with Crippen molar-refractivity contribution in [2.24, 2.45) is 5.92 Å². The molecule has 0 spiro atoms. The second kappa shape index (κ2) is 10.9. The normalized spacial score (nSPS) is 15.2. The minimum absolute atomic E-state index is 0.414. The molecule has 36 heavy (non-hydrogen) atoms. The van der Waals surface area contributed by atoms with E-state index in [0.29, 0.717) is 36.0 Å². The highest BCUT2D eigenvalue weighted by Gasteiger charge is 2.21. The molecule has 1 fully saturated rings. The molecule has 3 heterocycles. The highest BCUT2D eigenvalue weighted by atomic mass is 16.5. The van der Waals surface area contributed by atoms with Crippen LogP contribution in [0.3, 0.4) is 0 Å². The Bertz CT molecular complexity index is 1300. The lowest BCUT2D eigenvalue weighted by molar-refractivity contribution is 0.193. The van der Waals surface area contributed by atoms with Gasteiger partial charge in [0, 0.05) is 19.0 Å². The Balaban J connectivity index is 1.12. The molecule has 6 heteroatoms. The number of aromatic nitrogens is 2. The van der Waals surface area contributed by atoms with Crippen molar-refractivity contribution in [3.8, 4) is 17.4 Å². The van der Waals surface area contributed by atoms with Gasteiger partial charge in [0.05, 0.1) is 12.0 Å². The summed E-state index contributed by atoms with van der Waals surface area (Å²) in [5.41, 5.74) is 5.05. The number of fused-ring (bicyclic) bond motifs is 1. The molecule has 0 bridgehead atoms. The number of piperidine rings is 1. The molecular formula is C30H37N3O3. The molecule has 2 aromatic carbocycles. The van der Waals surface area contributed by atoms with E-state index >= 15 is 0 Å². The van der Waals surface area contributed by atoms with Crippen LogP contribution < -0.4 is 4.74 Å². The van der Waals surface area contributed by atoms with E-state index < -0.39 is 0 Å². The van der Waals surface area contributed by atoms with Crippen molar-refractivity contribution in [2.75, 3.05) is 26.2 Å². The fourth-order valence-corrected chi connectivity index (χ4v) is 5.03. The van der Waals surface area contributed by atoms with Crippen LogP contribution in [0, 0.1) is 19.8 Å². The standard InChI is InChI=1S/C30H37N3O3/c1-20(2)17-29-31-32-30(36-29)28-19-25-26(7-5-8-27(25)35-28)34-16-6-13-33-14-11-23(12-15-33)24-10-9-21(3)22(4)18-24/h5,7-10,18-20,23H,6,11-17H2,1-4H3. The Morgan fingerprint density at radius 2 is 1.83 bits per heavy atom. The first kappa shape index (κ1) is 24.6. The highest BCUT2D eigenvalue weighted by molar-refractivity contribution is 5.87. The summed E-state index contributed by atoms with van der Waals surface area (Å²) in [5, 5.41) is 9.25. The summed E-state index contributed by atoms with van der Waals surface area (Å²) in [6, 6.07) is 14.8. The number of rotatable bonds is 9. The Labute approximate surface area is 213 Å². The first-order chi connectivity index (χ1) is 17.5. The average Bonchev–Trinajstić information content (AvgIpc) is 3.51. The van der Waals surface area contributed by atoms with Crippen LogP contribution in [-0.2, 0) is 6.42 Å². The fraction of sp³-hybridized carbons (Fsp3) is 0.467. The van der Waals surface area contributed by atoms with Gasteiger partial charge >= 0.3 is 0 Å². The maximum Gasteiger partial charge on any atom is 0.283 e. The summed E-state index contributed by atoms with van der Waals surface area (Å²) in [7, 11) is 0. The number of nitrogens with zero attached hydrogens (tertiary/aromatic N) is 3. The van der Waals surface area contributed by atoms with Crippen molar-refractivity contribution in [3.63, 3.8) is 0 Å². The van der Waals surface area contributed by atoms with Crippen molar-refractivity contribution in [3.05, 3.63) is 65.0 Å². The molecule has 190 valence electrons. The number of benzene rings is 2. The highest BCUT2D eigenvalue weighted by Crippen LogP contribution is 2.33. The molecule has 0 N–H and O–H groups in total. The van der Waals surface area contributed by atoms with Gasteiger partial charge in [-0.15, -0.1) is 10.2 Å². The third kappa shape index (κ3) is 5.65. The lowest BCUT2D eigenvalue weighted by Crippen LogP contribution is -2.34. The fourth-order valence-electron chi connectivity index (χ4n) is 5.03. The molecule has 0 aliphatic carbocycles. The SMILES string of the molecule is Cc1ccc(C2CCN(CCCOc3cccc4oc(-c5nnc(CC(C)C)o5)cc34)CC2)cc1C. The maximum absolute atomic E-state index is 6.18. The van der Waals surface area contributed by atoms with Gasteiger partial charge in [-0.05, 0) is 86.9 Å². The van der Waals surface area contributed by atoms with Gasteiger partial charge in [0.1, 0.15) is 11.3 Å². The molecule has 1 aliphatic rings. The summed E-state index contributed by atoms with van der Waals surface area (Å²) < 4.78 is 18.0. The van der Waals surface area contributed by atoms with Crippen LogP contribution in [0.2, 0.25) is 0 Å². The zero-order chi connectivity index (χ0) is 25.1. The van der Waals surface area contributed by atoms with Crippen LogP contribution >= 0.6 is 0 Å². The smallest absolute Gasteiger partial charge is 0.283 e. The summed E-state index contributed by atoms with van der Waals surface area (Å²) >= 11 is 0. The van der Waals surface area contributed by atoms with Crippen LogP contribution in [0.15, 0.2) is 51.3 Å². The summed E-state index contributed by atoms with van der Waals surface area (Å²) in [6.07, 6.45) is 4.21. The Morgan fingerprint density at radius 1 is 1.00 bits per heavy atom. The second-order valence-electron chi connectivity index (χ2n) is 10.5. The number of hydrogen-bond acceptors (Lipinski definition) is 6. The van der Waals surface area contributed by atoms with Crippen LogP contribution in [-0.4, -0.2) is 41.3 Å². The summed E-state index contributed by atoms with van der Waals surface area (Å²) in [5.74, 6) is 3.60. The topological polar surface area (TPSA) is 64.5 Å². The minimum atomic E-state index is 0.414.